The van der Waals surface area contributed by atoms with Crippen LogP contribution < -0.4 is 5.73 Å². The van der Waals surface area contributed by atoms with Gasteiger partial charge in [-0.1, -0.05) is 19.1 Å². The van der Waals surface area contributed by atoms with Crippen molar-refractivity contribution in [2.45, 2.75) is 101 Å². The number of carbonyl (C=O) groups is 2. The highest BCUT2D eigenvalue weighted by Gasteiger charge is 2.64. The van der Waals surface area contributed by atoms with E-state index in [0.29, 0.717) is 19.3 Å². The lowest BCUT2D eigenvalue weighted by Crippen LogP contribution is -2.67. The van der Waals surface area contributed by atoms with E-state index in [2.05, 4.69) is 0 Å². The van der Waals surface area contributed by atoms with Crippen molar-refractivity contribution in [1.82, 2.24) is 0 Å². The average molecular weight is 494 g/mol. The Morgan fingerprint density at radius 1 is 1.00 bits per heavy atom. The monoisotopic (exact) mass is 493 g/mol. The van der Waals surface area contributed by atoms with Gasteiger partial charge in [0.05, 0.1) is 53.9 Å². The zero-order chi connectivity index (χ0) is 25.2. The summed E-state index contributed by atoms with van der Waals surface area (Å²) in [6, 6.07) is -0.562. The normalized spacial score (nSPS) is 54.1. The van der Waals surface area contributed by atoms with Crippen molar-refractivity contribution in [3.8, 4) is 0 Å². The summed E-state index contributed by atoms with van der Waals surface area (Å²) in [5, 5.41) is 43.9. The van der Waals surface area contributed by atoms with E-state index in [1.807, 2.05) is 19.1 Å². The lowest BCUT2D eigenvalue weighted by Gasteiger charge is -2.55. The number of rotatable bonds is 3. The molecule has 9 nitrogen and oxygen atoms in total. The van der Waals surface area contributed by atoms with Crippen LogP contribution in [0.15, 0.2) is 12.2 Å². The predicted octanol–water partition coefficient (Wildman–Crippen LogP) is 0.0640. The van der Waals surface area contributed by atoms with Gasteiger partial charge in [-0.2, -0.15) is 0 Å². The number of aliphatic hydroxyl groups is 4. The molecule has 3 saturated carbocycles. The Hall–Kier alpha value is -1.20. The number of ketones is 2. The van der Waals surface area contributed by atoms with Crippen molar-refractivity contribution in [2.75, 3.05) is 0 Å². The van der Waals surface area contributed by atoms with Crippen LogP contribution >= 0.6 is 0 Å². The first-order chi connectivity index (χ1) is 16.6. The van der Waals surface area contributed by atoms with E-state index >= 15 is 0 Å². The summed E-state index contributed by atoms with van der Waals surface area (Å²) in [5.41, 5.74) is 4.86. The molecule has 6 N–H and O–H groups in total. The van der Waals surface area contributed by atoms with Crippen LogP contribution in [0.25, 0.3) is 0 Å². The molecule has 0 amide bonds. The number of ether oxygens (including phenoxy) is 2. The molecule has 1 heterocycles. The maximum absolute atomic E-state index is 14.0. The molecular weight excluding hydrogens is 454 g/mol. The zero-order valence-corrected chi connectivity index (χ0v) is 20.4. The van der Waals surface area contributed by atoms with Crippen LogP contribution in [0.2, 0.25) is 0 Å². The molecule has 196 valence electrons. The van der Waals surface area contributed by atoms with Crippen molar-refractivity contribution in [2.24, 2.45) is 41.2 Å². The van der Waals surface area contributed by atoms with E-state index < -0.39 is 72.1 Å². The van der Waals surface area contributed by atoms with Crippen LogP contribution in [0.1, 0.15) is 52.4 Å². The first-order valence-electron chi connectivity index (χ1n) is 13.1. The fourth-order valence-electron chi connectivity index (χ4n) is 7.59. The first-order valence-corrected chi connectivity index (χ1v) is 13.1. The van der Waals surface area contributed by atoms with Gasteiger partial charge >= 0.3 is 0 Å². The second-order valence-corrected chi connectivity index (χ2v) is 11.6. The smallest absolute Gasteiger partial charge is 0.160 e. The number of hydrogen-bond acceptors (Lipinski definition) is 9. The number of nitrogens with two attached hydrogens (primary N) is 1. The van der Waals surface area contributed by atoms with Crippen molar-refractivity contribution in [1.29, 1.82) is 0 Å². The van der Waals surface area contributed by atoms with Gasteiger partial charge in [-0.25, -0.2) is 0 Å². The maximum Gasteiger partial charge on any atom is 0.160 e. The van der Waals surface area contributed by atoms with E-state index in [1.165, 1.54) is 0 Å². The van der Waals surface area contributed by atoms with E-state index in [0.717, 1.165) is 0 Å². The standard InChI is InChI=1S/C26H39NO8/c1-3-26(33)9-14-18(16(10-26)35-17-8-15(27)21(28)11(2)34-17)25(32)20-19(24(14)31)22(29)12-6-4-5-7-13(12)23(20)30/h4-5,11-23,28-30,33H,3,6-10,27H2,1-2H3/t11?,12?,13?,14?,15?,16-,17?,18?,19?,20?,21?,22?,23?,26-/m0/s1. The van der Waals surface area contributed by atoms with Gasteiger partial charge in [-0.05, 0) is 44.4 Å². The second kappa shape index (κ2) is 9.28. The van der Waals surface area contributed by atoms with E-state index in [-0.39, 0.29) is 42.7 Å². The van der Waals surface area contributed by atoms with Gasteiger partial charge < -0.3 is 35.6 Å². The fraction of sp³-hybridized carbons (Fsp3) is 0.846. The van der Waals surface area contributed by atoms with Crippen LogP contribution in [0.5, 0.6) is 0 Å². The molecule has 0 bridgehead atoms. The van der Waals surface area contributed by atoms with Gasteiger partial charge in [-0.15, -0.1) is 0 Å². The summed E-state index contributed by atoms with van der Waals surface area (Å²) in [5.74, 6) is -4.67. The number of carbonyl (C=O) groups excluding carboxylic acids is 2. The first kappa shape index (κ1) is 25.4. The highest BCUT2D eigenvalue weighted by Crippen LogP contribution is 2.53. The van der Waals surface area contributed by atoms with Crippen LogP contribution in [0.3, 0.4) is 0 Å². The highest BCUT2D eigenvalue weighted by atomic mass is 16.7. The summed E-state index contributed by atoms with van der Waals surface area (Å²) in [6.07, 6.45) is 0.913. The predicted molar refractivity (Wildman–Crippen MR) is 124 cm³/mol. The minimum atomic E-state index is -1.20. The van der Waals surface area contributed by atoms with Gasteiger partial charge in [0.15, 0.2) is 6.29 Å². The molecule has 4 fully saturated rings. The Bertz CT molecular complexity index is 867. The molecule has 5 rings (SSSR count). The molecular formula is C26H39NO8. The fourth-order valence-corrected chi connectivity index (χ4v) is 7.59. The summed E-state index contributed by atoms with van der Waals surface area (Å²) in [6.45, 7) is 3.53. The Kier molecular flexibility index (Phi) is 6.74. The highest BCUT2D eigenvalue weighted by molar-refractivity contribution is 6.01. The van der Waals surface area contributed by atoms with E-state index in [1.54, 1.807) is 6.92 Å². The average Bonchev–Trinajstić information content (AvgIpc) is 2.83. The van der Waals surface area contributed by atoms with Crippen LogP contribution in [0, 0.1) is 35.5 Å². The molecule has 14 atom stereocenters. The molecule has 12 unspecified atom stereocenters. The molecule has 0 spiro atoms. The van der Waals surface area contributed by atoms with E-state index in [4.69, 9.17) is 15.2 Å². The molecule has 5 aliphatic rings. The Labute approximate surface area is 205 Å². The number of allylic oxidation sites excluding steroid dienone is 2. The van der Waals surface area contributed by atoms with Gasteiger partial charge in [0.2, 0.25) is 0 Å². The van der Waals surface area contributed by atoms with Gasteiger partial charge in [0.1, 0.15) is 11.6 Å². The third-order valence-electron chi connectivity index (χ3n) is 9.63. The van der Waals surface area contributed by atoms with Gasteiger partial charge in [0.25, 0.3) is 0 Å². The quantitative estimate of drug-likeness (QED) is 0.343. The number of Topliss-reactive ketones (excluding diaryl/α,β-unsaturated/α-hetero) is 2. The Balaban J connectivity index is 1.47. The van der Waals surface area contributed by atoms with Crippen molar-refractivity contribution < 1.29 is 39.5 Å². The molecule has 9 heteroatoms. The molecule has 1 saturated heterocycles. The van der Waals surface area contributed by atoms with E-state index in [9.17, 15) is 30.0 Å². The molecule has 4 aliphatic carbocycles. The molecule has 0 aromatic rings. The van der Waals surface area contributed by atoms with Crippen LogP contribution in [0.4, 0.5) is 0 Å². The largest absolute Gasteiger partial charge is 0.392 e. The maximum atomic E-state index is 14.0. The second-order valence-electron chi connectivity index (χ2n) is 11.6. The zero-order valence-electron chi connectivity index (χ0n) is 20.4. The molecule has 1 aliphatic heterocycles. The van der Waals surface area contributed by atoms with Gasteiger partial charge in [-0.3, -0.25) is 9.59 Å². The Morgan fingerprint density at radius 3 is 2.17 bits per heavy atom. The number of fused-ring (bicyclic) bond motifs is 3. The lowest BCUT2D eigenvalue weighted by molar-refractivity contribution is -0.262. The molecule has 0 aromatic heterocycles. The topological polar surface area (TPSA) is 160 Å². The summed E-state index contributed by atoms with van der Waals surface area (Å²) < 4.78 is 12.1. The number of hydrogen-bond donors (Lipinski definition) is 5. The summed E-state index contributed by atoms with van der Waals surface area (Å²) >= 11 is 0. The molecule has 0 radical (unpaired) electrons. The Morgan fingerprint density at radius 2 is 1.60 bits per heavy atom. The molecule has 0 aromatic carbocycles. The third kappa shape index (κ3) is 4.13. The number of aliphatic hydroxyl groups excluding tert-OH is 3. The third-order valence-corrected chi connectivity index (χ3v) is 9.63. The van der Waals surface area contributed by atoms with Crippen LogP contribution in [-0.2, 0) is 19.1 Å². The summed E-state index contributed by atoms with van der Waals surface area (Å²) in [7, 11) is 0. The SMILES string of the molecule is CC[C@]1(O)CC2C(=O)C3C(O)C4CC=CCC4C(O)C3C(=O)C2[C@@H](OC2CC(N)C(O)C(C)O2)C1. The molecule has 35 heavy (non-hydrogen) atoms. The van der Waals surface area contributed by atoms with Crippen molar-refractivity contribution >= 4 is 11.6 Å². The lowest BCUT2D eigenvalue weighted by atomic mass is 9.50. The van der Waals surface area contributed by atoms with Crippen LogP contribution in [-0.4, -0.2) is 80.4 Å². The minimum absolute atomic E-state index is 0.124. The summed E-state index contributed by atoms with van der Waals surface area (Å²) in [4.78, 5) is 27.9. The van der Waals surface area contributed by atoms with Crippen molar-refractivity contribution in [3.05, 3.63) is 12.2 Å². The minimum Gasteiger partial charge on any atom is -0.392 e. The van der Waals surface area contributed by atoms with Gasteiger partial charge in [0, 0.05) is 24.8 Å². The van der Waals surface area contributed by atoms with Crippen molar-refractivity contribution in [3.63, 3.8) is 0 Å².